The molecule has 2 aliphatic rings. The van der Waals surface area contributed by atoms with Crippen molar-refractivity contribution in [2.24, 2.45) is 0 Å². The van der Waals surface area contributed by atoms with Crippen molar-refractivity contribution in [1.29, 1.82) is 0 Å². The zero-order valence-electron chi connectivity index (χ0n) is 15.5. The van der Waals surface area contributed by atoms with Crippen LogP contribution in [0.2, 0.25) is 0 Å². The summed E-state index contributed by atoms with van der Waals surface area (Å²) in [6.07, 6.45) is 5.09. The van der Waals surface area contributed by atoms with Crippen LogP contribution in [0.5, 0.6) is 5.75 Å². The molecule has 1 aromatic rings. The molecule has 2 N–H and O–H groups in total. The highest BCUT2D eigenvalue weighted by atomic mass is 16.5. The van der Waals surface area contributed by atoms with Gasteiger partial charge in [-0.25, -0.2) is 4.79 Å². The van der Waals surface area contributed by atoms with E-state index in [-0.39, 0.29) is 30.8 Å². The summed E-state index contributed by atoms with van der Waals surface area (Å²) < 4.78 is 5.60. The Morgan fingerprint density at radius 2 is 1.89 bits per heavy atom. The standard InChI is InChI=1S/C20H27N3O4/c24-17(21-13-6-7-15-27-16-8-2-1-3-9-16)10-14-23-18(25)20(22-19(23)26)11-4-5-12-20/h1-3,8-9H,4-7,10-15H2,(H,21,24)(H,22,26). The van der Waals surface area contributed by atoms with Crippen LogP contribution < -0.4 is 15.4 Å². The Hall–Kier alpha value is -2.57. The van der Waals surface area contributed by atoms with Crippen LogP contribution in [0, 0.1) is 0 Å². The number of carbonyl (C=O) groups excluding carboxylic acids is 3. The molecule has 1 heterocycles. The van der Waals surface area contributed by atoms with Crippen molar-refractivity contribution in [3.05, 3.63) is 30.3 Å². The number of unbranched alkanes of at least 4 members (excludes halogenated alkanes) is 1. The molecule has 0 unspecified atom stereocenters. The highest BCUT2D eigenvalue weighted by molar-refractivity contribution is 6.07. The fourth-order valence-electron chi connectivity index (χ4n) is 3.66. The maximum absolute atomic E-state index is 12.5. The van der Waals surface area contributed by atoms with Crippen molar-refractivity contribution in [2.45, 2.75) is 50.5 Å². The predicted molar refractivity (Wildman–Crippen MR) is 100 cm³/mol. The van der Waals surface area contributed by atoms with E-state index >= 15 is 0 Å². The average molecular weight is 373 g/mol. The quantitative estimate of drug-likeness (QED) is 0.513. The second kappa shape index (κ2) is 8.88. The maximum Gasteiger partial charge on any atom is 0.325 e. The minimum atomic E-state index is -0.702. The van der Waals surface area contributed by atoms with E-state index in [9.17, 15) is 14.4 Å². The van der Waals surface area contributed by atoms with E-state index in [4.69, 9.17) is 4.74 Å². The van der Waals surface area contributed by atoms with E-state index in [0.717, 1.165) is 31.4 Å². The summed E-state index contributed by atoms with van der Waals surface area (Å²) >= 11 is 0. The van der Waals surface area contributed by atoms with Gasteiger partial charge in [-0.2, -0.15) is 0 Å². The third-order valence-electron chi connectivity index (χ3n) is 5.17. The Morgan fingerprint density at radius 3 is 2.63 bits per heavy atom. The molecule has 2 fully saturated rings. The van der Waals surface area contributed by atoms with E-state index in [0.29, 0.717) is 26.0 Å². The van der Waals surface area contributed by atoms with Gasteiger partial charge in [0.2, 0.25) is 5.91 Å². The van der Waals surface area contributed by atoms with Gasteiger partial charge in [-0.15, -0.1) is 0 Å². The Labute approximate surface area is 159 Å². The van der Waals surface area contributed by atoms with Crippen LogP contribution in [-0.4, -0.2) is 48.0 Å². The number of urea groups is 1. The normalized spacial score (nSPS) is 18.0. The number of rotatable bonds is 9. The molecule has 4 amide bonds. The van der Waals surface area contributed by atoms with E-state index in [1.807, 2.05) is 30.3 Å². The third-order valence-corrected chi connectivity index (χ3v) is 5.17. The first-order valence-corrected chi connectivity index (χ1v) is 9.69. The first-order valence-electron chi connectivity index (χ1n) is 9.69. The molecule has 0 atom stereocenters. The molecule has 0 aromatic heterocycles. The molecule has 1 saturated heterocycles. The van der Waals surface area contributed by atoms with Crippen LogP contribution in [0.1, 0.15) is 44.9 Å². The number of nitrogens with zero attached hydrogens (tertiary/aromatic N) is 1. The summed E-state index contributed by atoms with van der Waals surface area (Å²) in [5.41, 5.74) is -0.702. The number of carbonyl (C=O) groups is 3. The smallest absolute Gasteiger partial charge is 0.325 e. The number of hydrogen-bond acceptors (Lipinski definition) is 4. The molecule has 1 aliphatic heterocycles. The monoisotopic (exact) mass is 373 g/mol. The van der Waals surface area contributed by atoms with Crippen LogP contribution >= 0.6 is 0 Å². The molecule has 7 heteroatoms. The molecule has 1 spiro atoms. The third kappa shape index (κ3) is 4.78. The van der Waals surface area contributed by atoms with Crippen molar-refractivity contribution in [3.63, 3.8) is 0 Å². The zero-order chi connectivity index (χ0) is 19.1. The van der Waals surface area contributed by atoms with Gasteiger partial charge in [0, 0.05) is 19.5 Å². The van der Waals surface area contributed by atoms with E-state index in [1.54, 1.807) is 0 Å². The number of imide groups is 1. The number of benzene rings is 1. The van der Waals surface area contributed by atoms with Gasteiger partial charge < -0.3 is 15.4 Å². The largest absolute Gasteiger partial charge is 0.494 e. The van der Waals surface area contributed by atoms with Crippen LogP contribution in [0.4, 0.5) is 4.79 Å². The lowest BCUT2D eigenvalue weighted by molar-refractivity contribution is -0.131. The Bertz CT molecular complexity index is 671. The van der Waals surface area contributed by atoms with Gasteiger partial charge in [-0.3, -0.25) is 14.5 Å². The summed E-state index contributed by atoms with van der Waals surface area (Å²) in [6.45, 7) is 1.29. The van der Waals surface area contributed by atoms with Gasteiger partial charge in [0.05, 0.1) is 6.61 Å². The number of amides is 4. The molecular weight excluding hydrogens is 346 g/mol. The molecule has 1 aliphatic carbocycles. The van der Waals surface area contributed by atoms with E-state index < -0.39 is 5.54 Å². The fraction of sp³-hybridized carbons (Fsp3) is 0.550. The van der Waals surface area contributed by atoms with Crippen LogP contribution in [0.25, 0.3) is 0 Å². The summed E-state index contributed by atoms with van der Waals surface area (Å²) in [6, 6.07) is 9.24. The highest BCUT2D eigenvalue weighted by Gasteiger charge is 2.52. The summed E-state index contributed by atoms with van der Waals surface area (Å²) in [5.74, 6) is 0.526. The first kappa shape index (κ1) is 19.2. The number of para-hydroxylation sites is 1. The molecule has 146 valence electrons. The lowest BCUT2D eigenvalue weighted by Crippen LogP contribution is -2.44. The minimum absolute atomic E-state index is 0.134. The molecule has 7 nitrogen and oxygen atoms in total. The van der Waals surface area contributed by atoms with Gasteiger partial charge in [0.1, 0.15) is 11.3 Å². The van der Waals surface area contributed by atoms with Crippen LogP contribution in [-0.2, 0) is 9.59 Å². The molecular formula is C20H27N3O4. The second-order valence-corrected chi connectivity index (χ2v) is 7.14. The predicted octanol–water partition coefficient (Wildman–Crippen LogP) is 2.22. The van der Waals surface area contributed by atoms with Gasteiger partial charge >= 0.3 is 6.03 Å². The van der Waals surface area contributed by atoms with Crippen molar-refractivity contribution in [1.82, 2.24) is 15.5 Å². The number of ether oxygens (including phenoxy) is 1. The number of hydrogen-bond donors (Lipinski definition) is 2. The summed E-state index contributed by atoms with van der Waals surface area (Å²) in [5, 5.41) is 5.66. The van der Waals surface area contributed by atoms with Gasteiger partial charge in [-0.05, 0) is 37.8 Å². The molecule has 1 saturated carbocycles. The molecule has 27 heavy (non-hydrogen) atoms. The van der Waals surface area contributed by atoms with Gasteiger partial charge in [0.25, 0.3) is 5.91 Å². The fourth-order valence-corrected chi connectivity index (χ4v) is 3.66. The Kier molecular flexibility index (Phi) is 6.32. The molecule has 3 rings (SSSR count). The van der Waals surface area contributed by atoms with Gasteiger partial charge in [-0.1, -0.05) is 31.0 Å². The van der Waals surface area contributed by atoms with Crippen molar-refractivity contribution in [3.8, 4) is 5.75 Å². The minimum Gasteiger partial charge on any atom is -0.494 e. The maximum atomic E-state index is 12.5. The Balaban J connectivity index is 1.28. The number of nitrogens with one attached hydrogen (secondary N) is 2. The Morgan fingerprint density at radius 1 is 1.15 bits per heavy atom. The highest BCUT2D eigenvalue weighted by Crippen LogP contribution is 2.34. The molecule has 0 bridgehead atoms. The van der Waals surface area contributed by atoms with Gasteiger partial charge in [0.15, 0.2) is 0 Å². The van der Waals surface area contributed by atoms with Crippen LogP contribution in [0.15, 0.2) is 30.3 Å². The van der Waals surface area contributed by atoms with Crippen molar-refractivity contribution in [2.75, 3.05) is 19.7 Å². The average Bonchev–Trinajstić information content (AvgIpc) is 3.23. The van der Waals surface area contributed by atoms with Crippen LogP contribution in [0.3, 0.4) is 0 Å². The summed E-state index contributed by atoms with van der Waals surface area (Å²) in [7, 11) is 0. The lowest BCUT2D eigenvalue weighted by atomic mass is 9.98. The van der Waals surface area contributed by atoms with Crippen molar-refractivity contribution < 1.29 is 19.1 Å². The van der Waals surface area contributed by atoms with E-state index in [1.165, 1.54) is 4.90 Å². The van der Waals surface area contributed by atoms with Crippen molar-refractivity contribution >= 4 is 17.8 Å². The topological polar surface area (TPSA) is 87.7 Å². The zero-order valence-corrected chi connectivity index (χ0v) is 15.5. The second-order valence-electron chi connectivity index (χ2n) is 7.14. The molecule has 1 aromatic carbocycles. The molecule has 0 radical (unpaired) electrons. The lowest BCUT2D eigenvalue weighted by Gasteiger charge is -2.19. The first-order chi connectivity index (χ1) is 13.1. The van der Waals surface area contributed by atoms with E-state index in [2.05, 4.69) is 10.6 Å². The SMILES string of the molecule is O=C(CCN1C(=O)NC2(CCCC2)C1=O)NCCCCOc1ccccc1. The summed E-state index contributed by atoms with van der Waals surface area (Å²) in [4.78, 5) is 37.7.